The van der Waals surface area contributed by atoms with Gasteiger partial charge in [0.1, 0.15) is 5.69 Å². The fraction of sp³-hybridized carbons (Fsp3) is 0.591. The summed E-state index contributed by atoms with van der Waals surface area (Å²) in [6, 6.07) is 5.88. The summed E-state index contributed by atoms with van der Waals surface area (Å²) in [5.41, 5.74) is 0.772. The van der Waals surface area contributed by atoms with Gasteiger partial charge >= 0.3 is 0 Å². The number of nitrogens with zero attached hydrogens (tertiary/aromatic N) is 4. The van der Waals surface area contributed by atoms with Crippen LogP contribution >= 0.6 is 27.3 Å². The number of aromatic nitrogens is 1. The highest BCUT2D eigenvalue weighted by atomic mass is 79.9. The van der Waals surface area contributed by atoms with E-state index in [4.69, 9.17) is 4.52 Å². The largest absolute Gasteiger partial charge is 1.00 e. The molecule has 0 saturated carbocycles. The van der Waals surface area contributed by atoms with Crippen LogP contribution in [0.5, 0.6) is 0 Å². The van der Waals surface area contributed by atoms with Crippen molar-refractivity contribution in [3.8, 4) is 10.6 Å². The zero-order valence-electron chi connectivity index (χ0n) is 18.5. The first-order valence-electron chi connectivity index (χ1n) is 10.9. The third kappa shape index (κ3) is 4.13. The predicted octanol–water partition coefficient (Wildman–Crippen LogP) is 0.386. The van der Waals surface area contributed by atoms with Crippen molar-refractivity contribution in [2.45, 2.75) is 31.3 Å². The van der Waals surface area contributed by atoms with Gasteiger partial charge in [0.25, 0.3) is 0 Å². The molecule has 3 aliphatic heterocycles. The van der Waals surface area contributed by atoms with Gasteiger partial charge in [0, 0.05) is 25.1 Å². The summed E-state index contributed by atoms with van der Waals surface area (Å²) in [7, 11) is 6.38. The Labute approximate surface area is 211 Å². The lowest BCUT2D eigenvalue weighted by atomic mass is 9.86. The molecule has 0 unspecified atom stereocenters. The second-order valence-corrected chi connectivity index (χ2v) is 12.3. The number of hydrogen-bond acceptors (Lipinski definition) is 6. The van der Waals surface area contributed by atoms with Crippen molar-refractivity contribution in [1.29, 1.82) is 0 Å². The van der Waals surface area contributed by atoms with Gasteiger partial charge < -0.3 is 26.0 Å². The summed E-state index contributed by atoms with van der Waals surface area (Å²) < 4.78 is 7.52. The topological polar surface area (TPSA) is 66.7 Å². The maximum atomic E-state index is 13.5. The minimum absolute atomic E-state index is 0. The van der Waals surface area contributed by atoms with Crippen LogP contribution in [0.15, 0.2) is 26.5 Å². The normalized spacial score (nSPS) is 27.7. The van der Waals surface area contributed by atoms with E-state index in [1.54, 1.807) is 11.3 Å². The number of quaternary nitrogens is 1. The number of likely N-dealkylation sites (tertiary alicyclic amines) is 1. The zero-order chi connectivity index (χ0) is 21.9. The van der Waals surface area contributed by atoms with Gasteiger partial charge in [-0.05, 0) is 47.4 Å². The molecule has 3 fully saturated rings. The molecule has 10 heteroatoms. The molecule has 7 nitrogen and oxygen atoms in total. The number of carbonyl (C=O) groups excluding carboxylic acids is 2. The van der Waals surface area contributed by atoms with Gasteiger partial charge in [0.05, 0.1) is 54.2 Å². The predicted molar refractivity (Wildman–Crippen MR) is 121 cm³/mol. The highest BCUT2D eigenvalue weighted by Gasteiger charge is 2.63. The van der Waals surface area contributed by atoms with Gasteiger partial charge in [0.15, 0.2) is 5.76 Å². The van der Waals surface area contributed by atoms with Crippen LogP contribution in [0.2, 0.25) is 0 Å². The summed E-state index contributed by atoms with van der Waals surface area (Å²) >= 11 is 5.08. The fourth-order valence-electron chi connectivity index (χ4n) is 5.53. The number of amides is 2. The summed E-state index contributed by atoms with van der Waals surface area (Å²) in [5, 5.41) is 4.37. The Hall–Kier alpha value is -1.07. The molecule has 0 radical (unpaired) electrons. The van der Waals surface area contributed by atoms with Gasteiger partial charge in [-0.3, -0.25) is 19.4 Å². The van der Waals surface area contributed by atoms with E-state index in [1.807, 2.05) is 18.2 Å². The van der Waals surface area contributed by atoms with Crippen molar-refractivity contribution in [3.05, 3.63) is 27.7 Å². The van der Waals surface area contributed by atoms with Crippen LogP contribution in [-0.4, -0.2) is 78.1 Å². The summed E-state index contributed by atoms with van der Waals surface area (Å²) in [4.78, 5) is 31.6. The molecule has 3 saturated heterocycles. The Morgan fingerprint density at radius 2 is 1.97 bits per heavy atom. The van der Waals surface area contributed by atoms with Crippen LogP contribution in [0.4, 0.5) is 0 Å². The first kappa shape index (κ1) is 24.1. The average molecular weight is 588 g/mol. The molecule has 3 aliphatic rings. The van der Waals surface area contributed by atoms with E-state index < -0.39 is 0 Å². The Balaban J connectivity index is 0.00000245. The number of thiophene rings is 1. The lowest BCUT2D eigenvalue weighted by Gasteiger charge is -2.28. The lowest BCUT2D eigenvalue weighted by Crippen LogP contribution is -3.00. The Morgan fingerprint density at radius 1 is 1.22 bits per heavy atom. The van der Waals surface area contributed by atoms with E-state index >= 15 is 0 Å². The van der Waals surface area contributed by atoms with E-state index in [2.05, 4.69) is 47.1 Å². The number of fused-ring (bicyclic) bond motifs is 3. The molecule has 32 heavy (non-hydrogen) atoms. The van der Waals surface area contributed by atoms with Crippen molar-refractivity contribution in [2.75, 3.05) is 40.8 Å². The van der Waals surface area contributed by atoms with Gasteiger partial charge in [-0.25, -0.2) is 0 Å². The molecule has 5 rings (SSSR count). The molecule has 0 aliphatic carbocycles. The molecular weight excluding hydrogens is 560 g/mol. The average Bonchev–Trinajstić information content (AvgIpc) is 3.47. The maximum Gasteiger partial charge on any atom is 0.235 e. The number of imide groups is 1. The van der Waals surface area contributed by atoms with Crippen LogP contribution in [0, 0.1) is 11.8 Å². The minimum Gasteiger partial charge on any atom is -1.00 e. The highest BCUT2D eigenvalue weighted by Crippen LogP contribution is 2.53. The summed E-state index contributed by atoms with van der Waals surface area (Å²) in [5.74, 6) is 0.0949. The first-order valence-corrected chi connectivity index (χ1v) is 12.5. The van der Waals surface area contributed by atoms with Gasteiger partial charge in [-0.1, -0.05) is 5.16 Å². The minimum atomic E-state index is -0.352. The second-order valence-electron chi connectivity index (χ2n) is 9.86. The monoisotopic (exact) mass is 586 g/mol. The smallest absolute Gasteiger partial charge is 0.235 e. The van der Waals surface area contributed by atoms with E-state index in [0.717, 1.165) is 51.2 Å². The maximum absolute atomic E-state index is 13.5. The molecule has 0 bridgehead atoms. The molecule has 4 atom stereocenters. The van der Waals surface area contributed by atoms with Crippen LogP contribution in [0.3, 0.4) is 0 Å². The fourth-order valence-corrected chi connectivity index (χ4v) is 6.87. The number of carbonyl (C=O) groups is 2. The van der Waals surface area contributed by atoms with E-state index in [0.29, 0.717) is 12.3 Å². The Bertz CT molecular complexity index is 1020. The first-order chi connectivity index (χ1) is 14.7. The number of rotatable bonds is 6. The molecule has 2 aromatic heterocycles. The Morgan fingerprint density at radius 3 is 2.66 bits per heavy atom. The van der Waals surface area contributed by atoms with Crippen molar-refractivity contribution in [1.82, 2.24) is 15.0 Å². The Kier molecular flexibility index (Phi) is 6.72. The molecule has 0 N–H and O–H groups in total. The van der Waals surface area contributed by atoms with Gasteiger partial charge in [-0.15, -0.1) is 11.3 Å². The number of hydrogen-bond donors (Lipinski definition) is 0. The molecule has 5 heterocycles. The van der Waals surface area contributed by atoms with Gasteiger partial charge in [0.2, 0.25) is 11.8 Å². The number of halogens is 2. The quantitative estimate of drug-likeness (QED) is 0.361. The SMILES string of the molecule is C[N+](C)(C)CCCN1C(=O)[C@@H]2[C@H](C1=O)[C@H](c1cc(-c3ccc(Br)s3)on1)N1CCC[C@@H]21.[Br-]. The molecule has 2 amide bonds. The van der Waals surface area contributed by atoms with E-state index in [1.165, 1.54) is 4.90 Å². The summed E-state index contributed by atoms with van der Waals surface area (Å²) in [6.07, 6.45) is 2.84. The van der Waals surface area contributed by atoms with Crippen molar-refractivity contribution < 1.29 is 35.6 Å². The van der Waals surface area contributed by atoms with Crippen molar-refractivity contribution in [2.24, 2.45) is 11.8 Å². The van der Waals surface area contributed by atoms with Crippen LogP contribution in [-0.2, 0) is 9.59 Å². The van der Waals surface area contributed by atoms with Gasteiger partial charge in [-0.2, -0.15) is 0 Å². The molecule has 174 valence electrons. The standard InChI is InChI=1S/C22H28BrN4O3S.BrH/c1-27(2,3)11-5-10-26-21(28)18-14-6-4-9-25(14)20(19(18)22(26)29)13-12-15(30-24-13)16-7-8-17(23)31-16;/h7-8,12,14,18-20H,4-6,9-11H2,1-3H3;1H/q+1;/p-1/t14-,18-,19-,20-;/m0./s1. The third-order valence-electron chi connectivity index (χ3n) is 6.80. The van der Waals surface area contributed by atoms with Crippen molar-refractivity contribution >= 4 is 39.1 Å². The van der Waals surface area contributed by atoms with Crippen LogP contribution < -0.4 is 17.0 Å². The highest BCUT2D eigenvalue weighted by molar-refractivity contribution is 9.11. The second kappa shape index (κ2) is 8.94. The van der Waals surface area contributed by atoms with Crippen LogP contribution in [0.1, 0.15) is 31.0 Å². The summed E-state index contributed by atoms with van der Waals surface area (Å²) in [6.45, 7) is 2.33. The van der Waals surface area contributed by atoms with E-state index in [9.17, 15) is 9.59 Å². The molecular formula is C22H28Br2N4O3S. The van der Waals surface area contributed by atoms with Crippen LogP contribution in [0.25, 0.3) is 10.6 Å². The molecule has 0 spiro atoms. The van der Waals surface area contributed by atoms with Crippen molar-refractivity contribution in [3.63, 3.8) is 0 Å². The molecule has 2 aromatic rings. The lowest BCUT2D eigenvalue weighted by molar-refractivity contribution is -0.870. The molecule has 0 aromatic carbocycles. The zero-order valence-corrected chi connectivity index (χ0v) is 22.5. The third-order valence-corrected chi connectivity index (χ3v) is 8.44. The van der Waals surface area contributed by atoms with E-state index in [-0.39, 0.29) is 52.7 Å².